The number of carbonyl (C=O) groups is 2. The Morgan fingerprint density at radius 2 is 1.49 bits per heavy atom. The number of benzene rings is 3. The molecular weight excluding hydrogens is 555 g/mol. The fraction of sp³-hybridized carbons (Fsp3) is 0.333. The van der Waals surface area contributed by atoms with Gasteiger partial charge in [0.1, 0.15) is 12.6 Å². The second-order valence-electron chi connectivity index (χ2n) is 10.0. The van der Waals surface area contributed by atoms with Gasteiger partial charge < -0.3 is 10.2 Å². The first-order valence-corrected chi connectivity index (χ1v) is 14.6. The van der Waals surface area contributed by atoms with Gasteiger partial charge in [0, 0.05) is 13.1 Å². The molecule has 7 nitrogen and oxygen atoms in total. The van der Waals surface area contributed by atoms with Crippen LogP contribution in [0.1, 0.15) is 31.9 Å². The minimum Gasteiger partial charge on any atom is -0.354 e. The van der Waals surface area contributed by atoms with Gasteiger partial charge in [0.05, 0.1) is 16.1 Å². The maximum Gasteiger partial charge on any atom is 0.416 e. The van der Waals surface area contributed by atoms with Crippen LogP contribution in [0.25, 0.3) is 0 Å². The molecule has 0 aliphatic heterocycles. The van der Waals surface area contributed by atoms with Crippen molar-refractivity contribution in [1.82, 2.24) is 10.2 Å². The minimum atomic E-state index is -4.73. The molecule has 41 heavy (non-hydrogen) atoms. The molecule has 11 heteroatoms. The number of halogens is 3. The van der Waals surface area contributed by atoms with Crippen molar-refractivity contribution in [2.75, 3.05) is 23.9 Å². The number of anilines is 1. The molecule has 0 fully saturated rings. The van der Waals surface area contributed by atoms with E-state index in [-0.39, 0.29) is 23.0 Å². The second-order valence-corrected chi connectivity index (χ2v) is 11.9. The average molecular weight is 590 g/mol. The van der Waals surface area contributed by atoms with Gasteiger partial charge in [-0.3, -0.25) is 13.9 Å². The molecule has 0 bridgehead atoms. The number of alkyl halides is 3. The Balaban J connectivity index is 2.01. The number of nitrogens with one attached hydrogen (secondary N) is 1. The van der Waals surface area contributed by atoms with E-state index in [0.717, 1.165) is 17.7 Å². The normalized spacial score (nSPS) is 12.6. The van der Waals surface area contributed by atoms with Gasteiger partial charge in [0.15, 0.2) is 0 Å². The Labute approximate surface area is 239 Å². The first-order valence-electron chi connectivity index (χ1n) is 13.2. The molecule has 0 radical (unpaired) electrons. The SMILES string of the molecule is CC(C)CNC(=O)C(C)N(CCc1ccccc1)C(=O)CN(c1cccc(C(F)(F)F)c1)S(=O)(=O)c1ccccc1. The van der Waals surface area contributed by atoms with Gasteiger partial charge in [-0.1, -0.05) is 68.4 Å². The largest absolute Gasteiger partial charge is 0.416 e. The summed E-state index contributed by atoms with van der Waals surface area (Å²) in [5, 5.41) is 2.79. The summed E-state index contributed by atoms with van der Waals surface area (Å²) >= 11 is 0. The lowest BCUT2D eigenvalue weighted by Crippen LogP contribution is -2.52. The van der Waals surface area contributed by atoms with E-state index in [1.807, 2.05) is 44.2 Å². The van der Waals surface area contributed by atoms with Crippen molar-refractivity contribution in [3.8, 4) is 0 Å². The number of carbonyl (C=O) groups excluding carboxylic acids is 2. The predicted octanol–water partition coefficient (Wildman–Crippen LogP) is 5.13. The van der Waals surface area contributed by atoms with E-state index >= 15 is 0 Å². The molecule has 1 unspecified atom stereocenters. The summed E-state index contributed by atoms with van der Waals surface area (Å²) < 4.78 is 68.7. The molecule has 0 saturated carbocycles. The van der Waals surface area contributed by atoms with Crippen molar-refractivity contribution >= 4 is 27.5 Å². The van der Waals surface area contributed by atoms with Crippen LogP contribution in [0.4, 0.5) is 18.9 Å². The lowest BCUT2D eigenvalue weighted by Gasteiger charge is -2.32. The molecule has 1 N–H and O–H groups in total. The van der Waals surface area contributed by atoms with Gasteiger partial charge in [0.2, 0.25) is 11.8 Å². The number of nitrogens with zero attached hydrogens (tertiary/aromatic N) is 2. The van der Waals surface area contributed by atoms with Crippen molar-refractivity contribution < 1.29 is 31.2 Å². The Morgan fingerprint density at radius 1 is 0.878 bits per heavy atom. The van der Waals surface area contributed by atoms with E-state index < -0.39 is 46.2 Å². The molecule has 0 saturated heterocycles. The molecule has 0 spiro atoms. The molecule has 3 rings (SSSR count). The van der Waals surface area contributed by atoms with Crippen molar-refractivity contribution in [3.05, 3.63) is 96.1 Å². The van der Waals surface area contributed by atoms with E-state index in [2.05, 4.69) is 5.32 Å². The maximum atomic E-state index is 13.8. The first kappa shape index (κ1) is 31.7. The van der Waals surface area contributed by atoms with Gasteiger partial charge >= 0.3 is 6.18 Å². The number of rotatable bonds is 12. The predicted molar refractivity (Wildman–Crippen MR) is 152 cm³/mol. The summed E-state index contributed by atoms with van der Waals surface area (Å²) in [7, 11) is -4.46. The molecule has 0 aromatic heterocycles. The van der Waals surface area contributed by atoms with E-state index in [4.69, 9.17) is 0 Å². The third-order valence-corrected chi connectivity index (χ3v) is 8.20. The Kier molecular flexibility index (Phi) is 10.6. The van der Waals surface area contributed by atoms with Gasteiger partial charge in [-0.05, 0) is 55.2 Å². The third kappa shape index (κ3) is 8.56. The van der Waals surface area contributed by atoms with Crippen LogP contribution in [0.3, 0.4) is 0 Å². The lowest BCUT2D eigenvalue weighted by molar-refractivity contribution is -0.138. The Hall–Kier alpha value is -3.86. The summed E-state index contributed by atoms with van der Waals surface area (Å²) in [6, 6.07) is 19.2. The summed E-state index contributed by atoms with van der Waals surface area (Å²) in [4.78, 5) is 27.9. The van der Waals surface area contributed by atoms with E-state index in [9.17, 15) is 31.2 Å². The molecule has 0 heterocycles. The van der Waals surface area contributed by atoms with Crippen LogP contribution in [0.2, 0.25) is 0 Å². The molecule has 220 valence electrons. The second kappa shape index (κ2) is 13.7. The van der Waals surface area contributed by atoms with Gasteiger partial charge in [-0.2, -0.15) is 13.2 Å². The van der Waals surface area contributed by atoms with Gasteiger partial charge in [-0.15, -0.1) is 0 Å². The molecular formula is C30H34F3N3O4S. The first-order chi connectivity index (χ1) is 19.3. The quantitative estimate of drug-likeness (QED) is 0.317. The molecule has 3 aromatic carbocycles. The van der Waals surface area contributed by atoms with Crippen LogP contribution >= 0.6 is 0 Å². The zero-order chi connectivity index (χ0) is 30.2. The highest BCUT2D eigenvalue weighted by molar-refractivity contribution is 7.92. The lowest BCUT2D eigenvalue weighted by atomic mass is 10.1. The van der Waals surface area contributed by atoms with Crippen LogP contribution in [-0.4, -0.2) is 50.8 Å². The molecule has 1 atom stereocenters. The topological polar surface area (TPSA) is 86.8 Å². The minimum absolute atomic E-state index is 0.0843. The van der Waals surface area contributed by atoms with E-state index in [1.54, 1.807) is 13.0 Å². The van der Waals surface area contributed by atoms with Crippen LogP contribution in [0.15, 0.2) is 89.8 Å². The number of amides is 2. The molecule has 2 amide bonds. The van der Waals surface area contributed by atoms with Crippen LogP contribution in [-0.2, 0) is 32.2 Å². The Morgan fingerprint density at radius 3 is 2.07 bits per heavy atom. The smallest absolute Gasteiger partial charge is 0.354 e. The summed E-state index contributed by atoms with van der Waals surface area (Å²) in [5.74, 6) is -0.992. The Bertz CT molecular complexity index is 1420. The average Bonchev–Trinajstić information content (AvgIpc) is 2.95. The summed E-state index contributed by atoms with van der Waals surface area (Å²) in [5.41, 5.74) is -0.484. The highest BCUT2D eigenvalue weighted by atomic mass is 32.2. The fourth-order valence-corrected chi connectivity index (χ4v) is 5.54. The molecule has 0 aliphatic carbocycles. The van der Waals surface area contributed by atoms with Crippen LogP contribution in [0, 0.1) is 5.92 Å². The standard InChI is InChI=1S/C30H34F3N3O4S/c1-22(2)20-34-29(38)23(3)35(18-17-24-11-6-4-7-12-24)28(37)21-36(41(39,40)27-15-8-5-9-16-27)26-14-10-13-25(19-26)30(31,32)33/h4-16,19,22-23H,17-18,20-21H2,1-3H3,(H,34,38). The highest BCUT2D eigenvalue weighted by Gasteiger charge is 2.35. The monoisotopic (exact) mass is 589 g/mol. The zero-order valence-corrected chi connectivity index (χ0v) is 24.0. The van der Waals surface area contributed by atoms with E-state index in [1.165, 1.54) is 35.2 Å². The fourth-order valence-electron chi connectivity index (χ4n) is 4.11. The molecule has 3 aromatic rings. The maximum absolute atomic E-state index is 13.8. The van der Waals surface area contributed by atoms with Crippen molar-refractivity contribution in [2.24, 2.45) is 5.92 Å². The number of sulfonamides is 1. The van der Waals surface area contributed by atoms with Crippen LogP contribution < -0.4 is 9.62 Å². The number of hydrogen-bond donors (Lipinski definition) is 1. The number of hydrogen-bond acceptors (Lipinski definition) is 4. The van der Waals surface area contributed by atoms with Gasteiger partial charge in [0.25, 0.3) is 10.0 Å². The van der Waals surface area contributed by atoms with Crippen molar-refractivity contribution in [3.63, 3.8) is 0 Å². The van der Waals surface area contributed by atoms with Crippen molar-refractivity contribution in [1.29, 1.82) is 0 Å². The third-order valence-electron chi connectivity index (χ3n) is 6.41. The van der Waals surface area contributed by atoms with Crippen LogP contribution in [0.5, 0.6) is 0 Å². The summed E-state index contributed by atoms with van der Waals surface area (Å²) in [6.45, 7) is 5.03. The van der Waals surface area contributed by atoms with Gasteiger partial charge in [-0.25, -0.2) is 8.42 Å². The molecule has 0 aliphatic rings. The van der Waals surface area contributed by atoms with Crippen molar-refractivity contribution in [2.45, 2.75) is 44.3 Å². The van der Waals surface area contributed by atoms with E-state index in [0.29, 0.717) is 23.3 Å². The summed E-state index contributed by atoms with van der Waals surface area (Å²) in [6.07, 6.45) is -4.35. The zero-order valence-electron chi connectivity index (χ0n) is 23.1. The highest BCUT2D eigenvalue weighted by Crippen LogP contribution is 2.33.